The van der Waals surface area contributed by atoms with E-state index in [0.29, 0.717) is 11.8 Å². The topological polar surface area (TPSA) is 37.8 Å². The zero-order valence-electron chi connectivity index (χ0n) is 13.2. The second-order valence-electron chi connectivity index (χ2n) is 6.79. The molecule has 3 nitrogen and oxygen atoms in total. The zero-order valence-corrected chi connectivity index (χ0v) is 15.3. The van der Waals surface area contributed by atoms with Gasteiger partial charge in [0.1, 0.15) is 11.6 Å². The Bertz CT molecular complexity index is 491. The zero-order chi connectivity index (χ0) is 14.8. The molecule has 2 saturated carbocycles. The summed E-state index contributed by atoms with van der Waals surface area (Å²) in [7, 11) is 0. The molecule has 2 aliphatic carbocycles. The molecule has 4 heteroatoms. The van der Waals surface area contributed by atoms with Gasteiger partial charge in [0.25, 0.3) is 0 Å². The van der Waals surface area contributed by atoms with Gasteiger partial charge >= 0.3 is 0 Å². The van der Waals surface area contributed by atoms with Crippen molar-refractivity contribution in [3.8, 4) is 0 Å². The van der Waals surface area contributed by atoms with Gasteiger partial charge in [-0.05, 0) is 60.6 Å². The predicted molar refractivity (Wildman–Crippen MR) is 95.9 cm³/mol. The van der Waals surface area contributed by atoms with E-state index in [9.17, 15) is 0 Å². The number of halogens is 1. The highest BCUT2D eigenvalue weighted by Crippen LogP contribution is 2.43. The maximum atomic E-state index is 4.99. The Hall–Kier alpha value is -0.390. The maximum absolute atomic E-state index is 4.99. The average molecular weight is 399 g/mol. The van der Waals surface area contributed by atoms with Crippen molar-refractivity contribution in [2.45, 2.75) is 70.6 Å². The molecule has 0 unspecified atom stereocenters. The molecule has 1 aromatic rings. The minimum absolute atomic E-state index is 0.581. The first kappa shape index (κ1) is 15.5. The molecule has 0 amide bonds. The van der Waals surface area contributed by atoms with Crippen LogP contribution in [0.4, 0.5) is 5.82 Å². The van der Waals surface area contributed by atoms with Crippen LogP contribution in [0.3, 0.4) is 0 Å². The smallest absolute Gasteiger partial charge is 0.143 e. The van der Waals surface area contributed by atoms with Crippen LogP contribution in [0.5, 0.6) is 0 Å². The molecule has 116 valence electrons. The normalized spacial score (nSPS) is 25.9. The number of nitrogens with one attached hydrogen (secondary N) is 1. The molecule has 21 heavy (non-hydrogen) atoms. The fraction of sp³-hybridized carbons (Fsp3) is 0.765. The molecule has 1 heterocycles. The second-order valence-corrected chi connectivity index (χ2v) is 7.87. The van der Waals surface area contributed by atoms with E-state index in [1.165, 1.54) is 47.8 Å². The lowest BCUT2D eigenvalue weighted by molar-refractivity contribution is 0.339. The largest absolute Gasteiger partial charge is 0.369 e. The molecular formula is C17H26IN3. The average Bonchev–Trinajstić information content (AvgIpc) is 3.32. The van der Waals surface area contributed by atoms with E-state index >= 15 is 0 Å². The van der Waals surface area contributed by atoms with Gasteiger partial charge in [-0.2, -0.15) is 0 Å². The number of hydrogen-bond acceptors (Lipinski definition) is 3. The third-order valence-corrected chi connectivity index (χ3v) is 5.85. The highest BCUT2D eigenvalue weighted by Gasteiger charge is 2.31. The van der Waals surface area contributed by atoms with E-state index in [4.69, 9.17) is 9.97 Å². The van der Waals surface area contributed by atoms with Crippen LogP contribution in [0.15, 0.2) is 0 Å². The number of rotatable bonds is 5. The minimum Gasteiger partial charge on any atom is -0.369 e. The van der Waals surface area contributed by atoms with Gasteiger partial charge < -0.3 is 5.32 Å². The van der Waals surface area contributed by atoms with Crippen LogP contribution in [0, 0.1) is 9.49 Å². The summed E-state index contributed by atoms with van der Waals surface area (Å²) in [5.41, 5.74) is 1.32. The number of aromatic nitrogens is 2. The van der Waals surface area contributed by atoms with Crippen LogP contribution >= 0.6 is 22.6 Å². The summed E-state index contributed by atoms with van der Waals surface area (Å²) in [6, 6.07) is 0. The van der Waals surface area contributed by atoms with Gasteiger partial charge in [-0.25, -0.2) is 9.97 Å². The van der Waals surface area contributed by atoms with Crippen molar-refractivity contribution < 1.29 is 0 Å². The van der Waals surface area contributed by atoms with Crippen LogP contribution in [-0.4, -0.2) is 16.5 Å². The molecule has 3 rings (SSSR count). The molecule has 1 N–H and O–H groups in total. The summed E-state index contributed by atoms with van der Waals surface area (Å²) in [6.07, 6.45) is 8.93. The minimum atomic E-state index is 0.581. The Morgan fingerprint density at radius 1 is 1.05 bits per heavy atom. The Morgan fingerprint density at radius 3 is 2.33 bits per heavy atom. The van der Waals surface area contributed by atoms with E-state index in [1.54, 1.807) is 0 Å². The predicted octanol–water partition coefficient (Wildman–Crippen LogP) is 5.07. The van der Waals surface area contributed by atoms with Crippen LogP contribution in [0.2, 0.25) is 0 Å². The number of anilines is 1. The number of nitrogens with zero attached hydrogens (tertiary/aromatic N) is 2. The van der Waals surface area contributed by atoms with Crippen LogP contribution in [-0.2, 0) is 0 Å². The van der Waals surface area contributed by atoms with Crippen LogP contribution < -0.4 is 5.32 Å². The fourth-order valence-electron chi connectivity index (χ4n) is 3.17. The van der Waals surface area contributed by atoms with Crippen molar-refractivity contribution in [3.05, 3.63) is 15.1 Å². The van der Waals surface area contributed by atoms with Gasteiger partial charge in [-0.15, -0.1) is 0 Å². The summed E-state index contributed by atoms with van der Waals surface area (Å²) < 4.78 is 1.26. The van der Waals surface area contributed by atoms with Gasteiger partial charge in [0.05, 0.1) is 9.26 Å². The van der Waals surface area contributed by atoms with Crippen molar-refractivity contribution in [2.24, 2.45) is 5.92 Å². The molecule has 0 aromatic carbocycles. The van der Waals surface area contributed by atoms with E-state index < -0.39 is 0 Å². The quantitative estimate of drug-likeness (QED) is 0.703. The van der Waals surface area contributed by atoms with Crippen LogP contribution in [0.25, 0.3) is 0 Å². The lowest BCUT2D eigenvalue weighted by atomic mass is 9.82. The summed E-state index contributed by atoms with van der Waals surface area (Å²) >= 11 is 2.44. The van der Waals surface area contributed by atoms with Gasteiger partial charge in [-0.1, -0.05) is 26.7 Å². The molecular weight excluding hydrogens is 373 g/mol. The Labute approximate surface area is 141 Å². The molecule has 0 bridgehead atoms. The maximum Gasteiger partial charge on any atom is 0.143 e. The van der Waals surface area contributed by atoms with Crippen molar-refractivity contribution >= 4 is 28.4 Å². The van der Waals surface area contributed by atoms with Crippen molar-refractivity contribution in [1.29, 1.82) is 0 Å². The van der Waals surface area contributed by atoms with Crippen molar-refractivity contribution in [3.63, 3.8) is 0 Å². The van der Waals surface area contributed by atoms with Gasteiger partial charge in [0, 0.05) is 18.4 Å². The Kier molecular flexibility index (Phi) is 5.02. The SMILES string of the molecule is CCCNc1nc(C2CCC(C)CC2)nc(C2CC2)c1I. The summed E-state index contributed by atoms with van der Waals surface area (Å²) in [6.45, 7) is 5.57. The monoisotopic (exact) mass is 399 g/mol. The molecule has 0 atom stereocenters. The third-order valence-electron chi connectivity index (χ3n) is 4.78. The van der Waals surface area contributed by atoms with Crippen LogP contribution in [0.1, 0.15) is 82.1 Å². The first-order chi connectivity index (χ1) is 10.2. The lowest BCUT2D eigenvalue weighted by Crippen LogP contribution is -2.17. The first-order valence-corrected chi connectivity index (χ1v) is 9.58. The molecule has 2 fully saturated rings. The van der Waals surface area contributed by atoms with Crippen molar-refractivity contribution in [2.75, 3.05) is 11.9 Å². The van der Waals surface area contributed by atoms with E-state index in [0.717, 1.165) is 30.5 Å². The number of hydrogen-bond donors (Lipinski definition) is 1. The molecule has 0 saturated heterocycles. The Morgan fingerprint density at radius 2 is 1.71 bits per heavy atom. The van der Waals surface area contributed by atoms with E-state index in [1.807, 2.05) is 0 Å². The summed E-state index contributed by atoms with van der Waals surface area (Å²) in [5, 5.41) is 3.52. The molecule has 2 aliphatic rings. The van der Waals surface area contributed by atoms with Gasteiger partial charge in [-0.3, -0.25) is 0 Å². The summed E-state index contributed by atoms with van der Waals surface area (Å²) in [4.78, 5) is 9.89. The first-order valence-electron chi connectivity index (χ1n) is 8.50. The molecule has 0 aliphatic heterocycles. The van der Waals surface area contributed by atoms with E-state index in [2.05, 4.69) is 41.8 Å². The Balaban J connectivity index is 1.86. The van der Waals surface area contributed by atoms with Crippen molar-refractivity contribution in [1.82, 2.24) is 9.97 Å². The van der Waals surface area contributed by atoms with Gasteiger partial charge in [0.2, 0.25) is 0 Å². The third kappa shape index (κ3) is 3.69. The van der Waals surface area contributed by atoms with E-state index in [-0.39, 0.29) is 0 Å². The summed E-state index contributed by atoms with van der Waals surface area (Å²) in [5.74, 6) is 4.36. The highest BCUT2D eigenvalue weighted by atomic mass is 127. The second kappa shape index (κ2) is 6.80. The standard InChI is InChI=1S/C17H26IN3/c1-3-10-19-17-14(18)15(12-8-9-12)20-16(21-17)13-6-4-11(2)5-7-13/h11-13H,3-10H2,1-2H3,(H,19,20,21). The molecule has 0 spiro atoms. The molecule has 1 aromatic heterocycles. The fourth-order valence-corrected chi connectivity index (χ4v) is 4.04. The molecule has 0 radical (unpaired) electrons. The lowest BCUT2D eigenvalue weighted by Gasteiger charge is -2.26. The van der Waals surface area contributed by atoms with Gasteiger partial charge in [0.15, 0.2) is 0 Å². The highest BCUT2D eigenvalue weighted by molar-refractivity contribution is 14.1.